The Hall–Kier alpha value is -3.33. The molecule has 0 radical (unpaired) electrons. The molecule has 136 valence electrons. The van der Waals surface area contributed by atoms with E-state index in [0.717, 1.165) is 35.1 Å². The van der Waals surface area contributed by atoms with Crippen molar-refractivity contribution in [2.24, 2.45) is 0 Å². The Balaban J connectivity index is 1.74. The van der Waals surface area contributed by atoms with Crippen LogP contribution in [-0.2, 0) is 0 Å². The molecule has 6 heteroatoms. The molecule has 0 atom stereocenters. The highest BCUT2D eigenvalue weighted by Gasteiger charge is 2.17. The molecule has 4 rings (SSSR count). The minimum Gasteiger partial charge on any atom is -0.381 e. The number of benzene rings is 1. The van der Waals surface area contributed by atoms with E-state index >= 15 is 0 Å². The molecular weight excluding hydrogens is 340 g/mol. The molecule has 3 aromatic rings. The predicted molar refractivity (Wildman–Crippen MR) is 106 cm³/mol. The Bertz CT molecular complexity index is 1040. The fourth-order valence-corrected chi connectivity index (χ4v) is 3.58. The van der Waals surface area contributed by atoms with Gasteiger partial charge in [-0.3, -0.25) is 10.1 Å². The fraction of sp³-hybridized carbons (Fsp3) is 0.286. The van der Waals surface area contributed by atoms with Crippen LogP contribution in [0.3, 0.4) is 0 Å². The molecular formula is C21H20N4O2. The molecule has 1 aliphatic carbocycles. The number of H-pyrrole nitrogens is 1. The van der Waals surface area contributed by atoms with Crippen LogP contribution < -0.4 is 5.32 Å². The maximum atomic E-state index is 11.2. The van der Waals surface area contributed by atoms with E-state index in [0.29, 0.717) is 11.6 Å². The monoisotopic (exact) mass is 360 g/mol. The van der Waals surface area contributed by atoms with Crippen molar-refractivity contribution >= 4 is 22.4 Å². The number of hydrogen-bond acceptors (Lipinski definition) is 4. The van der Waals surface area contributed by atoms with Gasteiger partial charge in [0.15, 0.2) is 0 Å². The third-order valence-electron chi connectivity index (χ3n) is 4.97. The van der Waals surface area contributed by atoms with Gasteiger partial charge in [0, 0.05) is 29.9 Å². The van der Waals surface area contributed by atoms with Crippen molar-refractivity contribution < 1.29 is 4.92 Å². The molecule has 2 aromatic heterocycles. The Morgan fingerprint density at radius 1 is 1.11 bits per heavy atom. The van der Waals surface area contributed by atoms with Crippen LogP contribution in [0.2, 0.25) is 0 Å². The molecule has 1 aromatic carbocycles. The quantitative estimate of drug-likeness (QED) is 0.406. The summed E-state index contributed by atoms with van der Waals surface area (Å²) in [6.07, 6.45) is 9.64. The van der Waals surface area contributed by atoms with Gasteiger partial charge in [-0.1, -0.05) is 43.2 Å². The van der Waals surface area contributed by atoms with Gasteiger partial charge >= 0.3 is 0 Å². The zero-order valence-corrected chi connectivity index (χ0v) is 14.9. The lowest BCUT2D eigenvalue weighted by molar-refractivity contribution is -0.385. The lowest BCUT2D eigenvalue weighted by atomic mass is 9.95. The third-order valence-corrected chi connectivity index (χ3v) is 4.97. The largest absolute Gasteiger partial charge is 0.381 e. The number of nitrogens with zero attached hydrogens (tertiary/aromatic N) is 2. The summed E-state index contributed by atoms with van der Waals surface area (Å²) in [5.74, 6) is 6.07. The summed E-state index contributed by atoms with van der Waals surface area (Å²) in [4.78, 5) is 18.4. The van der Waals surface area contributed by atoms with Gasteiger partial charge in [0.2, 0.25) is 0 Å². The molecule has 2 N–H and O–H groups in total. The number of para-hydroxylation sites is 1. The molecule has 0 unspecified atom stereocenters. The first-order valence-corrected chi connectivity index (χ1v) is 9.20. The van der Waals surface area contributed by atoms with Gasteiger partial charge in [-0.2, -0.15) is 0 Å². The topological polar surface area (TPSA) is 83.8 Å². The fourth-order valence-electron chi connectivity index (χ4n) is 3.58. The summed E-state index contributed by atoms with van der Waals surface area (Å²) in [5, 5.41) is 15.9. The maximum absolute atomic E-state index is 11.2. The Labute approximate surface area is 157 Å². The Kier molecular flexibility index (Phi) is 4.75. The average Bonchev–Trinajstić information content (AvgIpc) is 3.17. The van der Waals surface area contributed by atoms with Gasteiger partial charge < -0.3 is 10.3 Å². The van der Waals surface area contributed by atoms with Gasteiger partial charge in [-0.25, -0.2) is 4.98 Å². The molecule has 0 saturated heterocycles. The molecule has 1 saturated carbocycles. The van der Waals surface area contributed by atoms with Gasteiger partial charge in [-0.05, 0) is 25.0 Å². The Morgan fingerprint density at radius 3 is 2.70 bits per heavy atom. The van der Waals surface area contributed by atoms with Crippen molar-refractivity contribution in [3.8, 4) is 11.8 Å². The summed E-state index contributed by atoms with van der Waals surface area (Å²) in [6, 6.07) is 8.95. The second-order valence-corrected chi connectivity index (χ2v) is 6.79. The number of aromatic nitrogens is 2. The highest BCUT2D eigenvalue weighted by atomic mass is 16.6. The zero-order chi connectivity index (χ0) is 18.6. The van der Waals surface area contributed by atoms with Crippen LogP contribution in [0.25, 0.3) is 11.0 Å². The lowest BCUT2D eigenvalue weighted by Crippen LogP contribution is -2.22. The van der Waals surface area contributed by atoms with Crippen LogP contribution in [-0.4, -0.2) is 20.9 Å². The van der Waals surface area contributed by atoms with Crippen molar-refractivity contribution in [1.82, 2.24) is 9.97 Å². The van der Waals surface area contributed by atoms with Crippen molar-refractivity contribution in [3.05, 3.63) is 64.0 Å². The van der Waals surface area contributed by atoms with E-state index in [-0.39, 0.29) is 5.69 Å². The normalized spacial score (nSPS) is 14.5. The molecule has 0 bridgehead atoms. The zero-order valence-electron chi connectivity index (χ0n) is 14.9. The highest BCUT2D eigenvalue weighted by Crippen LogP contribution is 2.29. The number of nitro benzene ring substituents is 1. The first kappa shape index (κ1) is 17.1. The van der Waals surface area contributed by atoms with Crippen LogP contribution in [0, 0.1) is 22.0 Å². The summed E-state index contributed by atoms with van der Waals surface area (Å²) in [7, 11) is 0. The molecule has 0 amide bonds. The molecule has 2 heterocycles. The second-order valence-electron chi connectivity index (χ2n) is 6.79. The van der Waals surface area contributed by atoms with E-state index in [9.17, 15) is 10.1 Å². The minimum absolute atomic E-state index is 0.0162. The average molecular weight is 360 g/mol. The van der Waals surface area contributed by atoms with Crippen molar-refractivity contribution in [2.45, 2.75) is 38.1 Å². The van der Waals surface area contributed by atoms with Crippen LogP contribution >= 0.6 is 0 Å². The number of aromatic amines is 1. The van der Waals surface area contributed by atoms with Gasteiger partial charge in [0.05, 0.1) is 16.2 Å². The van der Waals surface area contributed by atoms with Crippen LogP contribution in [0.1, 0.15) is 43.2 Å². The summed E-state index contributed by atoms with van der Waals surface area (Å²) in [5.41, 5.74) is 2.94. The number of nitro groups is 1. The number of anilines is 1. The number of pyridine rings is 1. The molecule has 27 heavy (non-hydrogen) atoms. The second kappa shape index (κ2) is 7.50. The SMILES string of the molecule is O=[N+]([O-])c1ccccc1C#Cc1cnc2[nH]ccc2c1NC1CCCCC1. The number of rotatable bonds is 3. The standard InChI is InChI=1S/C21H20N4O2/c26-25(27)19-9-5-4-6-15(19)10-11-16-14-23-21-18(12-13-22-21)20(16)24-17-7-2-1-3-8-17/h4-6,9,12-14,17H,1-3,7-8H2,(H2,22,23,24). The van der Waals surface area contributed by atoms with E-state index in [4.69, 9.17) is 0 Å². The molecule has 0 spiro atoms. The van der Waals surface area contributed by atoms with E-state index < -0.39 is 4.92 Å². The van der Waals surface area contributed by atoms with Crippen LogP contribution in [0.5, 0.6) is 0 Å². The smallest absolute Gasteiger partial charge is 0.284 e. The van der Waals surface area contributed by atoms with E-state index in [2.05, 4.69) is 27.1 Å². The summed E-state index contributed by atoms with van der Waals surface area (Å²) < 4.78 is 0. The minimum atomic E-state index is -0.404. The molecule has 1 aliphatic rings. The van der Waals surface area contributed by atoms with E-state index in [1.165, 1.54) is 25.3 Å². The first-order valence-electron chi connectivity index (χ1n) is 9.20. The number of hydrogen-bond donors (Lipinski definition) is 2. The molecule has 1 fully saturated rings. The summed E-state index contributed by atoms with van der Waals surface area (Å²) >= 11 is 0. The lowest BCUT2D eigenvalue weighted by Gasteiger charge is -2.24. The van der Waals surface area contributed by atoms with Crippen molar-refractivity contribution in [1.29, 1.82) is 0 Å². The van der Waals surface area contributed by atoms with E-state index in [1.807, 2.05) is 12.3 Å². The predicted octanol–water partition coefficient (Wildman–Crippen LogP) is 4.62. The van der Waals surface area contributed by atoms with Gasteiger partial charge in [-0.15, -0.1) is 0 Å². The first-order chi connectivity index (χ1) is 13.2. The van der Waals surface area contributed by atoms with Crippen molar-refractivity contribution in [2.75, 3.05) is 5.32 Å². The molecule has 6 nitrogen and oxygen atoms in total. The summed E-state index contributed by atoms with van der Waals surface area (Å²) in [6.45, 7) is 0. The third kappa shape index (κ3) is 3.63. The van der Waals surface area contributed by atoms with Gasteiger partial charge in [0.25, 0.3) is 5.69 Å². The van der Waals surface area contributed by atoms with Crippen LogP contribution in [0.4, 0.5) is 11.4 Å². The van der Waals surface area contributed by atoms with Crippen LogP contribution in [0.15, 0.2) is 42.7 Å². The van der Waals surface area contributed by atoms with Crippen molar-refractivity contribution in [3.63, 3.8) is 0 Å². The highest BCUT2D eigenvalue weighted by molar-refractivity contribution is 5.92. The Morgan fingerprint density at radius 2 is 1.89 bits per heavy atom. The number of fused-ring (bicyclic) bond motifs is 1. The maximum Gasteiger partial charge on any atom is 0.284 e. The molecule has 0 aliphatic heterocycles. The van der Waals surface area contributed by atoms with Gasteiger partial charge in [0.1, 0.15) is 11.2 Å². The number of nitrogens with one attached hydrogen (secondary N) is 2. The van der Waals surface area contributed by atoms with E-state index in [1.54, 1.807) is 24.4 Å².